The molecule has 0 aliphatic heterocycles. The molecule has 11 heteroatoms. The Balaban J connectivity index is 2.02. The highest BCUT2D eigenvalue weighted by atomic mass is 16.7. The molecule has 11 nitrogen and oxygen atoms in total. The zero-order valence-electron chi connectivity index (χ0n) is 17.4. The van der Waals surface area contributed by atoms with Gasteiger partial charge >= 0.3 is 23.9 Å². The van der Waals surface area contributed by atoms with Crippen LogP contribution in [0.4, 0.5) is 4.79 Å². The van der Waals surface area contributed by atoms with Gasteiger partial charge in [0.25, 0.3) is 5.56 Å². The maximum absolute atomic E-state index is 13.1. The second kappa shape index (κ2) is 10.3. The summed E-state index contributed by atoms with van der Waals surface area (Å²) in [6.45, 7) is -0.145. The van der Waals surface area contributed by atoms with E-state index in [1.54, 1.807) is 30.3 Å². The molecular weight excluding hydrogens is 438 g/mol. The summed E-state index contributed by atoms with van der Waals surface area (Å²) in [6, 6.07) is 11.1. The number of hydrogen-bond donors (Lipinski definition) is 1. The third-order valence-electron chi connectivity index (χ3n) is 4.61. The first-order valence-electron chi connectivity index (χ1n) is 9.68. The monoisotopic (exact) mass is 457 g/mol. The van der Waals surface area contributed by atoms with Crippen molar-refractivity contribution in [3.8, 4) is 5.75 Å². The van der Waals surface area contributed by atoms with Crippen molar-refractivity contribution in [2.24, 2.45) is 0 Å². The van der Waals surface area contributed by atoms with Gasteiger partial charge in [0.05, 0.1) is 12.5 Å². The normalized spacial score (nSPS) is 11.5. The Morgan fingerprint density at radius 3 is 2.45 bits per heavy atom. The number of nitrogens with zero attached hydrogens (tertiary/aromatic N) is 1. The number of aromatic nitrogens is 1. The fourth-order valence-corrected chi connectivity index (χ4v) is 3.06. The molecule has 0 unspecified atom stereocenters. The lowest BCUT2D eigenvalue weighted by molar-refractivity contribution is -0.150. The van der Waals surface area contributed by atoms with E-state index in [0.29, 0.717) is 10.1 Å². The minimum absolute atomic E-state index is 0.145. The minimum Gasteiger partial charge on any atom is -0.481 e. The van der Waals surface area contributed by atoms with Gasteiger partial charge in [-0.05, 0) is 24.1 Å². The number of rotatable bonds is 8. The lowest BCUT2D eigenvalue weighted by Gasteiger charge is -2.17. The lowest BCUT2D eigenvalue weighted by atomic mass is 10.1. The van der Waals surface area contributed by atoms with Crippen molar-refractivity contribution in [2.75, 3.05) is 7.11 Å². The topological polar surface area (TPSA) is 151 Å². The van der Waals surface area contributed by atoms with E-state index in [1.165, 1.54) is 18.2 Å². The summed E-state index contributed by atoms with van der Waals surface area (Å²) >= 11 is 0. The quantitative estimate of drug-likeness (QED) is 0.394. The first-order valence-corrected chi connectivity index (χ1v) is 9.68. The number of carboxylic acids is 1. The minimum atomic E-state index is -1.55. The van der Waals surface area contributed by atoms with E-state index in [4.69, 9.17) is 19.0 Å². The number of hydrogen-bond acceptors (Lipinski definition) is 9. The summed E-state index contributed by atoms with van der Waals surface area (Å²) in [7, 11) is 1.07. The number of benzene rings is 2. The van der Waals surface area contributed by atoms with Crippen LogP contribution in [0.1, 0.15) is 24.4 Å². The Hall–Kier alpha value is -4.41. The van der Waals surface area contributed by atoms with Crippen molar-refractivity contribution >= 4 is 29.1 Å². The number of esters is 1. The highest BCUT2D eigenvalue weighted by Gasteiger charge is 2.29. The summed E-state index contributed by atoms with van der Waals surface area (Å²) in [5.41, 5.74) is -0.613. The van der Waals surface area contributed by atoms with Gasteiger partial charge in [0.15, 0.2) is 11.3 Å². The molecule has 0 aliphatic carbocycles. The largest absolute Gasteiger partial charge is 0.513 e. The van der Waals surface area contributed by atoms with Crippen molar-refractivity contribution in [2.45, 2.75) is 25.5 Å². The summed E-state index contributed by atoms with van der Waals surface area (Å²) in [4.78, 5) is 61.1. The maximum atomic E-state index is 13.1. The van der Waals surface area contributed by atoms with E-state index < -0.39 is 48.3 Å². The smallest absolute Gasteiger partial charge is 0.481 e. The second-order valence-electron chi connectivity index (χ2n) is 6.77. The van der Waals surface area contributed by atoms with Gasteiger partial charge in [0.2, 0.25) is 0 Å². The molecule has 33 heavy (non-hydrogen) atoms. The number of ether oxygens (including phenoxy) is 3. The molecule has 1 atom stereocenters. The maximum Gasteiger partial charge on any atom is 0.513 e. The van der Waals surface area contributed by atoms with Crippen LogP contribution in [0.25, 0.3) is 11.0 Å². The predicted octanol–water partition coefficient (Wildman–Crippen LogP) is 2.25. The first kappa shape index (κ1) is 23.3. The molecule has 0 aliphatic rings. The Labute approximate surface area is 185 Å². The summed E-state index contributed by atoms with van der Waals surface area (Å²) in [5, 5.41) is 8.88. The molecule has 1 heterocycles. The first-order chi connectivity index (χ1) is 15.8. The number of carbonyl (C=O) groups is 3. The molecule has 3 rings (SSSR count). The molecule has 1 N–H and O–H groups in total. The Morgan fingerprint density at radius 2 is 1.79 bits per heavy atom. The van der Waals surface area contributed by atoms with Gasteiger partial charge in [-0.25, -0.2) is 19.0 Å². The average Bonchev–Trinajstić information content (AvgIpc) is 2.80. The van der Waals surface area contributed by atoms with E-state index in [2.05, 4.69) is 4.74 Å². The summed E-state index contributed by atoms with van der Waals surface area (Å²) in [5.74, 6) is -3.70. The van der Waals surface area contributed by atoms with Crippen LogP contribution in [-0.2, 0) is 25.7 Å². The van der Waals surface area contributed by atoms with Crippen LogP contribution >= 0.6 is 0 Å². The van der Waals surface area contributed by atoms with Crippen LogP contribution in [0.15, 0.2) is 62.5 Å². The number of fused-ring (bicyclic) bond motifs is 1. The number of aliphatic carboxylic acids is 1. The van der Waals surface area contributed by atoms with Crippen LogP contribution in [0.3, 0.4) is 0 Å². The number of carboxylic acid groups (broad SMARTS) is 1. The van der Waals surface area contributed by atoms with Crippen LogP contribution < -0.4 is 16.1 Å². The standard InChI is InChI=1S/C22H19NO10/c1-30-22(29)32-16-9-5-8-14-18(16)33-21(28)23(19(14)26)15(10-11-17(24)25)20(27)31-12-13-6-3-2-4-7-13/h2-9,15H,10-12H2,1H3,(H,24,25)/t15-/m0/s1. The van der Waals surface area contributed by atoms with Gasteiger partial charge in [-0.15, -0.1) is 0 Å². The Bertz CT molecular complexity index is 1290. The SMILES string of the molecule is COC(=O)Oc1cccc2c(=O)n([C@@H](CCC(=O)O)C(=O)OCc3ccccc3)c(=O)oc12. The Kier molecular flexibility index (Phi) is 7.24. The zero-order valence-corrected chi connectivity index (χ0v) is 17.4. The number of para-hydroxylation sites is 1. The molecular formula is C22H19NO10. The molecule has 0 spiro atoms. The van der Waals surface area contributed by atoms with Gasteiger partial charge in [0.1, 0.15) is 12.6 Å². The van der Waals surface area contributed by atoms with Crippen LogP contribution in [0.2, 0.25) is 0 Å². The second-order valence-corrected chi connectivity index (χ2v) is 6.77. The van der Waals surface area contributed by atoms with Gasteiger partial charge in [-0.3, -0.25) is 9.59 Å². The molecule has 0 amide bonds. The van der Waals surface area contributed by atoms with Gasteiger partial charge < -0.3 is 23.7 Å². The fraction of sp³-hybridized carbons (Fsp3) is 0.227. The number of methoxy groups -OCH3 is 1. The number of carbonyl (C=O) groups excluding carboxylic acids is 2. The molecule has 0 saturated heterocycles. The van der Waals surface area contributed by atoms with E-state index in [0.717, 1.165) is 7.11 Å². The van der Waals surface area contributed by atoms with Crippen molar-refractivity contribution in [3.63, 3.8) is 0 Å². The molecule has 3 aromatic rings. The molecule has 0 saturated carbocycles. The molecule has 0 fully saturated rings. The van der Waals surface area contributed by atoms with Gasteiger partial charge in [-0.1, -0.05) is 36.4 Å². The molecule has 0 radical (unpaired) electrons. The highest BCUT2D eigenvalue weighted by molar-refractivity contribution is 5.84. The third kappa shape index (κ3) is 5.45. The molecule has 172 valence electrons. The van der Waals surface area contributed by atoms with Crippen LogP contribution in [0, 0.1) is 0 Å². The zero-order chi connectivity index (χ0) is 24.0. The van der Waals surface area contributed by atoms with Gasteiger partial charge in [0, 0.05) is 6.42 Å². The predicted molar refractivity (Wildman–Crippen MR) is 112 cm³/mol. The molecule has 0 bridgehead atoms. The van der Waals surface area contributed by atoms with E-state index >= 15 is 0 Å². The van der Waals surface area contributed by atoms with E-state index in [9.17, 15) is 24.0 Å². The highest BCUT2D eigenvalue weighted by Crippen LogP contribution is 2.24. The molecule has 1 aromatic heterocycles. The van der Waals surface area contributed by atoms with Gasteiger partial charge in [-0.2, -0.15) is 0 Å². The van der Waals surface area contributed by atoms with Crippen molar-refractivity contribution in [3.05, 3.63) is 75.0 Å². The Morgan fingerprint density at radius 1 is 1.06 bits per heavy atom. The molecule has 2 aromatic carbocycles. The van der Waals surface area contributed by atoms with Crippen molar-refractivity contribution < 1.29 is 38.1 Å². The lowest BCUT2D eigenvalue weighted by Crippen LogP contribution is -2.40. The summed E-state index contributed by atoms with van der Waals surface area (Å²) in [6.07, 6.45) is -2.00. The summed E-state index contributed by atoms with van der Waals surface area (Å²) < 4.78 is 20.2. The van der Waals surface area contributed by atoms with E-state index in [1.807, 2.05) is 0 Å². The fourth-order valence-electron chi connectivity index (χ4n) is 3.06. The van der Waals surface area contributed by atoms with Crippen molar-refractivity contribution in [1.82, 2.24) is 4.57 Å². The van der Waals surface area contributed by atoms with Crippen LogP contribution in [0.5, 0.6) is 5.75 Å². The van der Waals surface area contributed by atoms with Crippen LogP contribution in [-0.4, -0.2) is 34.9 Å². The van der Waals surface area contributed by atoms with Crippen molar-refractivity contribution in [1.29, 1.82) is 0 Å². The van der Waals surface area contributed by atoms with E-state index in [-0.39, 0.29) is 23.3 Å². The third-order valence-corrected chi connectivity index (χ3v) is 4.61. The average molecular weight is 457 g/mol.